The highest BCUT2D eigenvalue weighted by Gasteiger charge is 2.28. The van der Waals surface area contributed by atoms with Crippen molar-refractivity contribution in [1.29, 1.82) is 0 Å². The molecule has 5 nitrogen and oxygen atoms in total. The monoisotopic (exact) mass is 370 g/mol. The second-order valence-electron chi connectivity index (χ2n) is 5.53. The standard InChI is InChI=1S/C13H21F3N4OS2/c1-7(2)20(8(3)4)10(21)9(5)22-12-19-18-11(23-12)17-6-13(14,15)16/h7-9H,6H2,1-5H3,(H,17,18). The summed E-state index contributed by atoms with van der Waals surface area (Å²) in [6.07, 6.45) is -4.31. The van der Waals surface area contributed by atoms with Crippen LogP contribution >= 0.6 is 23.1 Å². The first kappa shape index (κ1) is 20.0. The zero-order valence-electron chi connectivity index (χ0n) is 13.6. The molecular formula is C13H21F3N4OS2. The minimum atomic E-state index is -4.31. The van der Waals surface area contributed by atoms with Crippen LogP contribution in [0, 0.1) is 0 Å². The zero-order chi connectivity index (χ0) is 17.8. The van der Waals surface area contributed by atoms with Crippen molar-refractivity contribution in [2.75, 3.05) is 11.9 Å². The first-order valence-electron chi connectivity index (χ1n) is 7.14. The summed E-state index contributed by atoms with van der Waals surface area (Å²) in [5, 5.41) is 9.36. The van der Waals surface area contributed by atoms with E-state index in [9.17, 15) is 18.0 Å². The highest BCUT2D eigenvalue weighted by molar-refractivity contribution is 8.02. The third-order valence-corrected chi connectivity index (χ3v) is 4.89. The molecule has 0 aromatic carbocycles. The van der Waals surface area contributed by atoms with Crippen LogP contribution in [0.4, 0.5) is 18.3 Å². The Morgan fingerprint density at radius 2 is 1.78 bits per heavy atom. The van der Waals surface area contributed by atoms with Crippen LogP contribution in [0.15, 0.2) is 4.34 Å². The number of aromatic nitrogens is 2. The lowest BCUT2D eigenvalue weighted by Crippen LogP contribution is -2.45. The number of thioether (sulfide) groups is 1. The van der Waals surface area contributed by atoms with Crippen LogP contribution < -0.4 is 5.32 Å². The van der Waals surface area contributed by atoms with Gasteiger partial charge in [0.1, 0.15) is 6.54 Å². The van der Waals surface area contributed by atoms with Gasteiger partial charge < -0.3 is 10.2 Å². The molecule has 0 fully saturated rings. The SMILES string of the molecule is CC(Sc1nnc(NCC(F)(F)F)s1)C(=O)N(C(C)C)C(C)C. The predicted octanol–water partition coefficient (Wildman–Crippen LogP) is 3.64. The van der Waals surface area contributed by atoms with E-state index in [1.54, 1.807) is 11.8 Å². The Bertz CT molecular complexity index is 512. The number of nitrogens with one attached hydrogen (secondary N) is 1. The maximum Gasteiger partial charge on any atom is 0.405 e. The first-order chi connectivity index (χ1) is 10.5. The molecule has 0 aliphatic carbocycles. The van der Waals surface area contributed by atoms with Crippen molar-refractivity contribution in [2.45, 2.75) is 62.5 Å². The van der Waals surface area contributed by atoms with Crippen LogP contribution in [-0.2, 0) is 4.79 Å². The number of carbonyl (C=O) groups excluding carboxylic acids is 1. The third-order valence-electron chi connectivity index (χ3n) is 2.84. The highest BCUT2D eigenvalue weighted by atomic mass is 32.2. The van der Waals surface area contributed by atoms with E-state index in [-0.39, 0.29) is 28.4 Å². The third kappa shape index (κ3) is 6.54. The van der Waals surface area contributed by atoms with E-state index in [1.807, 2.05) is 27.7 Å². The maximum atomic E-state index is 12.5. The molecule has 0 aliphatic rings. The molecule has 1 aromatic rings. The summed E-state index contributed by atoms with van der Waals surface area (Å²) in [6.45, 7) is 8.38. The van der Waals surface area contributed by atoms with Crippen LogP contribution in [0.25, 0.3) is 0 Å². The molecule has 0 saturated heterocycles. The summed E-state index contributed by atoms with van der Waals surface area (Å²) in [7, 11) is 0. The Kier molecular flexibility index (Phi) is 7.12. The smallest absolute Gasteiger partial charge is 0.351 e. The van der Waals surface area contributed by atoms with Gasteiger partial charge in [-0.1, -0.05) is 23.1 Å². The van der Waals surface area contributed by atoms with E-state index >= 15 is 0 Å². The van der Waals surface area contributed by atoms with Crippen LogP contribution in [-0.4, -0.2) is 51.1 Å². The van der Waals surface area contributed by atoms with E-state index < -0.39 is 12.7 Å². The summed E-state index contributed by atoms with van der Waals surface area (Å²) in [4.78, 5) is 14.3. The quantitative estimate of drug-likeness (QED) is 0.743. The van der Waals surface area contributed by atoms with Crippen molar-refractivity contribution in [1.82, 2.24) is 15.1 Å². The van der Waals surface area contributed by atoms with Gasteiger partial charge in [-0.05, 0) is 34.6 Å². The van der Waals surface area contributed by atoms with Crippen LogP contribution in [0.5, 0.6) is 0 Å². The number of anilines is 1. The van der Waals surface area contributed by atoms with Crippen molar-refractivity contribution in [3.63, 3.8) is 0 Å². The molecule has 10 heteroatoms. The molecule has 1 rings (SSSR count). The van der Waals surface area contributed by atoms with E-state index in [0.29, 0.717) is 4.34 Å². The van der Waals surface area contributed by atoms with E-state index in [1.165, 1.54) is 11.8 Å². The fraction of sp³-hybridized carbons (Fsp3) is 0.769. The van der Waals surface area contributed by atoms with E-state index in [2.05, 4.69) is 15.5 Å². The fourth-order valence-electron chi connectivity index (χ4n) is 2.02. The number of hydrogen-bond donors (Lipinski definition) is 1. The van der Waals surface area contributed by atoms with Gasteiger partial charge in [0.25, 0.3) is 0 Å². The van der Waals surface area contributed by atoms with Gasteiger partial charge in [-0.2, -0.15) is 13.2 Å². The van der Waals surface area contributed by atoms with Crippen molar-refractivity contribution in [2.24, 2.45) is 0 Å². The summed E-state index contributed by atoms with van der Waals surface area (Å²) in [5.41, 5.74) is 0. The van der Waals surface area contributed by atoms with Gasteiger partial charge in [0, 0.05) is 12.1 Å². The molecule has 0 aliphatic heterocycles. The highest BCUT2D eigenvalue weighted by Crippen LogP contribution is 2.30. The van der Waals surface area contributed by atoms with Crippen molar-refractivity contribution < 1.29 is 18.0 Å². The molecule has 1 N–H and O–H groups in total. The molecule has 1 aromatic heterocycles. The number of rotatable bonds is 7. The normalized spacial score (nSPS) is 13.5. The van der Waals surface area contributed by atoms with Gasteiger partial charge in [-0.15, -0.1) is 10.2 Å². The Morgan fingerprint density at radius 1 is 1.22 bits per heavy atom. The predicted molar refractivity (Wildman–Crippen MR) is 86.9 cm³/mol. The first-order valence-corrected chi connectivity index (χ1v) is 8.84. The molecular weight excluding hydrogens is 349 g/mol. The molecule has 0 spiro atoms. The Balaban J connectivity index is 2.65. The molecule has 1 atom stereocenters. The van der Waals surface area contributed by atoms with Crippen LogP contribution in [0.3, 0.4) is 0 Å². The zero-order valence-corrected chi connectivity index (χ0v) is 15.3. The minimum absolute atomic E-state index is 0.0278. The summed E-state index contributed by atoms with van der Waals surface area (Å²) >= 11 is 2.21. The minimum Gasteiger partial charge on any atom is -0.351 e. The lowest BCUT2D eigenvalue weighted by Gasteiger charge is -2.32. The molecule has 132 valence electrons. The van der Waals surface area contributed by atoms with Gasteiger partial charge in [-0.25, -0.2) is 0 Å². The maximum absolute atomic E-state index is 12.5. The number of alkyl halides is 3. The summed E-state index contributed by atoms with van der Waals surface area (Å²) in [5.74, 6) is -0.0278. The van der Waals surface area contributed by atoms with Gasteiger partial charge >= 0.3 is 6.18 Å². The Morgan fingerprint density at radius 3 is 2.26 bits per heavy atom. The largest absolute Gasteiger partial charge is 0.405 e. The molecule has 23 heavy (non-hydrogen) atoms. The van der Waals surface area contributed by atoms with Crippen molar-refractivity contribution in [3.05, 3.63) is 0 Å². The number of hydrogen-bond acceptors (Lipinski definition) is 6. The van der Waals surface area contributed by atoms with Crippen molar-refractivity contribution in [3.8, 4) is 0 Å². The molecule has 0 saturated carbocycles. The summed E-state index contributed by atoms with van der Waals surface area (Å²) < 4.78 is 36.9. The lowest BCUT2D eigenvalue weighted by molar-refractivity contribution is -0.133. The number of amides is 1. The van der Waals surface area contributed by atoms with Crippen LogP contribution in [0.1, 0.15) is 34.6 Å². The number of halogens is 3. The van der Waals surface area contributed by atoms with Crippen LogP contribution in [0.2, 0.25) is 0 Å². The Hall–Kier alpha value is -1.03. The van der Waals surface area contributed by atoms with Crippen molar-refractivity contribution >= 4 is 34.1 Å². The number of carbonyl (C=O) groups is 1. The molecule has 0 radical (unpaired) electrons. The summed E-state index contributed by atoms with van der Waals surface area (Å²) in [6, 6.07) is 0.146. The van der Waals surface area contributed by atoms with Gasteiger partial charge in [-0.3, -0.25) is 4.79 Å². The fourth-order valence-corrected chi connectivity index (χ4v) is 3.97. The van der Waals surface area contributed by atoms with E-state index in [0.717, 1.165) is 11.3 Å². The van der Waals surface area contributed by atoms with E-state index in [4.69, 9.17) is 0 Å². The average Bonchev–Trinajstić information content (AvgIpc) is 2.82. The van der Waals surface area contributed by atoms with Gasteiger partial charge in [0.15, 0.2) is 4.34 Å². The number of nitrogens with zero attached hydrogens (tertiary/aromatic N) is 3. The molecule has 1 amide bonds. The molecule has 0 bridgehead atoms. The average molecular weight is 370 g/mol. The second kappa shape index (κ2) is 8.18. The van der Waals surface area contributed by atoms with Gasteiger partial charge in [0.2, 0.25) is 11.0 Å². The Labute approximate surface area is 142 Å². The molecule has 1 heterocycles. The lowest BCUT2D eigenvalue weighted by atomic mass is 10.2. The topological polar surface area (TPSA) is 58.1 Å². The van der Waals surface area contributed by atoms with Gasteiger partial charge in [0.05, 0.1) is 5.25 Å². The second-order valence-corrected chi connectivity index (χ2v) is 8.10. The molecule has 1 unspecified atom stereocenters.